The van der Waals surface area contributed by atoms with Gasteiger partial charge in [0.25, 0.3) is 0 Å². The molecule has 2 N–H and O–H groups in total. The van der Waals surface area contributed by atoms with Gasteiger partial charge < -0.3 is 15.5 Å². The summed E-state index contributed by atoms with van der Waals surface area (Å²) in [5.74, 6) is 1.61. The Balaban J connectivity index is 1.49. The number of hydrogen-bond acceptors (Lipinski definition) is 2. The van der Waals surface area contributed by atoms with Crippen molar-refractivity contribution in [3.05, 3.63) is 34.9 Å². The first-order valence-corrected chi connectivity index (χ1v) is 9.46. The number of fused-ring (bicyclic) bond motifs is 1. The SMILES string of the molecule is CN=C(NCc1ccc2c(c1)CCC2)N1CCC(CC(=O)NC)CC1. The average Bonchev–Trinajstić information content (AvgIpc) is 3.11. The normalized spacial score (nSPS) is 18.2. The van der Waals surface area contributed by atoms with Crippen molar-refractivity contribution in [2.75, 3.05) is 27.2 Å². The van der Waals surface area contributed by atoms with Crippen LogP contribution < -0.4 is 10.6 Å². The summed E-state index contributed by atoms with van der Waals surface area (Å²) in [7, 11) is 3.56. The van der Waals surface area contributed by atoms with Crippen LogP contribution in [0.25, 0.3) is 0 Å². The molecule has 1 fully saturated rings. The molecule has 1 aliphatic heterocycles. The smallest absolute Gasteiger partial charge is 0.220 e. The van der Waals surface area contributed by atoms with Crippen molar-refractivity contribution >= 4 is 11.9 Å². The van der Waals surface area contributed by atoms with Crippen LogP contribution in [0.5, 0.6) is 0 Å². The lowest BCUT2D eigenvalue weighted by molar-refractivity contribution is -0.121. The van der Waals surface area contributed by atoms with E-state index in [4.69, 9.17) is 0 Å². The van der Waals surface area contributed by atoms with Crippen molar-refractivity contribution in [3.8, 4) is 0 Å². The summed E-state index contributed by atoms with van der Waals surface area (Å²) < 4.78 is 0. The van der Waals surface area contributed by atoms with Crippen molar-refractivity contribution in [2.45, 2.75) is 45.1 Å². The molecule has 0 spiro atoms. The van der Waals surface area contributed by atoms with Gasteiger partial charge in [0.15, 0.2) is 5.96 Å². The molecule has 1 saturated heterocycles. The van der Waals surface area contributed by atoms with Crippen molar-refractivity contribution in [3.63, 3.8) is 0 Å². The van der Waals surface area contributed by atoms with Crippen LogP contribution in [0.1, 0.15) is 42.4 Å². The zero-order valence-corrected chi connectivity index (χ0v) is 15.5. The Morgan fingerprint density at radius 3 is 2.72 bits per heavy atom. The monoisotopic (exact) mass is 342 g/mol. The number of carbonyl (C=O) groups is 1. The van der Waals surface area contributed by atoms with Crippen LogP contribution in [0.15, 0.2) is 23.2 Å². The largest absolute Gasteiger partial charge is 0.359 e. The molecular formula is C20H30N4O. The van der Waals surface area contributed by atoms with Crippen LogP contribution in [-0.4, -0.2) is 44.0 Å². The number of benzene rings is 1. The predicted molar refractivity (Wildman–Crippen MR) is 102 cm³/mol. The van der Waals surface area contributed by atoms with Gasteiger partial charge in [0.2, 0.25) is 5.91 Å². The third-order valence-corrected chi connectivity index (χ3v) is 5.49. The molecule has 1 aromatic rings. The summed E-state index contributed by atoms with van der Waals surface area (Å²) >= 11 is 0. The summed E-state index contributed by atoms with van der Waals surface area (Å²) in [5.41, 5.74) is 4.37. The van der Waals surface area contributed by atoms with E-state index in [9.17, 15) is 4.79 Å². The highest BCUT2D eigenvalue weighted by molar-refractivity contribution is 5.80. The summed E-state index contributed by atoms with van der Waals surface area (Å²) in [4.78, 5) is 18.3. The molecule has 0 unspecified atom stereocenters. The van der Waals surface area contributed by atoms with Gasteiger partial charge in [-0.2, -0.15) is 0 Å². The fraction of sp³-hybridized carbons (Fsp3) is 0.600. The molecule has 0 saturated carbocycles. The lowest BCUT2D eigenvalue weighted by atomic mass is 9.93. The number of piperidine rings is 1. The maximum atomic E-state index is 11.5. The molecule has 0 aromatic heterocycles. The van der Waals surface area contributed by atoms with Crippen molar-refractivity contribution < 1.29 is 4.79 Å². The van der Waals surface area contributed by atoms with Gasteiger partial charge in [-0.3, -0.25) is 9.79 Å². The summed E-state index contributed by atoms with van der Waals surface area (Å²) in [6, 6.07) is 6.87. The first-order chi connectivity index (χ1) is 12.2. The van der Waals surface area contributed by atoms with Crippen molar-refractivity contribution in [1.29, 1.82) is 0 Å². The van der Waals surface area contributed by atoms with Crippen LogP contribution in [0, 0.1) is 5.92 Å². The van der Waals surface area contributed by atoms with E-state index in [0.29, 0.717) is 12.3 Å². The van der Waals surface area contributed by atoms with Crippen LogP contribution >= 0.6 is 0 Å². The highest BCUT2D eigenvalue weighted by atomic mass is 16.1. The minimum atomic E-state index is 0.151. The van der Waals surface area contributed by atoms with Gasteiger partial charge in [0.1, 0.15) is 0 Å². The number of nitrogens with zero attached hydrogens (tertiary/aromatic N) is 2. The van der Waals surface area contributed by atoms with Crippen molar-refractivity contribution in [2.24, 2.45) is 10.9 Å². The van der Waals surface area contributed by atoms with E-state index in [1.54, 1.807) is 7.05 Å². The second-order valence-corrected chi connectivity index (χ2v) is 7.17. The van der Waals surface area contributed by atoms with Gasteiger partial charge in [-0.25, -0.2) is 0 Å². The molecule has 1 amide bonds. The number of carbonyl (C=O) groups excluding carboxylic acids is 1. The Bertz CT molecular complexity index is 633. The first kappa shape index (κ1) is 17.8. The number of nitrogens with one attached hydrogen (secondary N) is 2. The summed E-state index contributed by atoms with van der Waals surface area (Å²) in [6.07, 6.45) is 6.48. The third kappa shape index (κ3) is 4.53. The summed E-state index contributed by atoms with van der Waals surface area (Å²) in [5, 5.41) is 6.23. The van der Waals surface area contributed by atoms with E-state index < -0.39 is 0 Å². The van der Waals surface area contributed by atoms with Gasteiger partial charge in [-0.15, -0.1) is 0 Å². The second kappa shape index (κ2) is 8.37. The molecule has 1 heterocycles. The van der Waals surface area contributed by atoms with Crippen molar-refractivity contribution in [1.82, 2.24) is 15.5 Å². The topological polar surface area (TPSA) is 56.7 Å². The molecule has 25 heavy (non-hydrogen) atoms. The van der Waals surface area contributed by atoms with E-state index in [1.807, 2.05) is 7.05 Å². The van der Waals surface area contributed by atoms with Gasteiger partial charge in [-0.05, 0) is 54.7 Å². The van der Waals surface area contributed by atoms with Gasteiger partial charge in [0.05, 0.1) is 0 Å². The van der Waals surface area contributed by atoms with Crippen LogP contribution in [0.3, 0.4) is 0 Å². The van der Waals surface area contributed by atoms with Crippen LogP contribution in [-0.2, 0) is 24.2 Å². The van der Waals surface area contributed by atoms with E-state index in [2.05, 4.69) is 38.7 Å². The van der Waals surface area contributed by atoms with E-state index in [0.717, 1.165) is 38.4 Å². The number of likely N-dealkylation sites (tertiary alicyclic amines) is 1. The predicted octanol–water partition coefficient (Wildman–Crippen LogP) is 2.10. The first-order valence-electron chi connectivity index (χ1n) is 9.46. The highest BCUT2D eigenvalue weighted by Gasteiger charge is 2.23. The Morgan fingerprint density at radius 1 is 1.24 bits per heavy atom. The van der Waals surface area contributed by atoms with Gasteiger partial charge in [-0.1, -0.05) is 18.2 Å². The zero-order chi connectivity index (χ0) is 17.6. The quantitative estimate of drug-likeness (QED) is 0.651. The number of hydrogen-bond donors (Lipinski definition) is 2. The average molecular weight is 342 g/mol. The lowest BCUT2D eigenvalue weighted by Gasteiger charge is -2.34. The molecule has 1 aromatic carbocycles. The molecule has 3 rings (SSSR count). The lowest BCUT2D eigenvalue weighted by Crippen LogP contribution is -2.45. The molecule has 2 aliphatic rings. The maximum absolute atomic E-state index is 11.5. The van der Waals surface area contributed by atoms with Gasteiger partial charge in [0, 0.05) is 40.2 Å². The molecule has 0 radical (unpaired) electrons. The Labute approximate surface area is 150 Å². The van der Waals surface area contributed by atoms with Crippen LogP contribution in [0.4, 0.5) is 0 Å². The maximum Gasteiger partial charge on any atom is 0.220 e. The third-order valence-electron chi connectivity index (χ3n) is 5.49. The zero-order valence-electron chi connectivity index (χ0n) is 15.5. The molecule has 136 valence electrons. The number of aliphatic imine (C=N–C) groups is 1. The molecule has 1 aliphatic carbocycles. The molecular weight excluding hydrogens is 312 g/mol. The number of guanidine groups is 1. The minimum Gasteiger partial charge on any atom is -0.359 e. The Hall–Kier alpha value is -2.04. The van der Waals surface area contributed by atoms with Crippen LogP contribution in [0.2, 0.25) is 0 Å². The second-order valence-electron chi connectivity index (χ2n) is 7.17. The fourth-order valence-electron chi connectivity index (χ4n) is 3.96. The standard InChI is InChI=1S/C20H30N4O/c1-21-19(25)13-15-8-10-24(11-9-15)20(22-2)23-14-16-6-7-17-4-3-5-18(17)12-16/h6-7,12,15H,3-5,8-11,13-14H2,1-2H3,(H,21,25)(H,22,23). The number of aryl methyl sites for hydroxylation is 2. The number of amides is 1. The number of rotatable bonds is 4. The highest BCUT2D eigenvalue weighted by Crippen LogP contribution is 2.23. The minimum absolute atomic E-state index is 0.151. The Kier molecular flexibility index (Phi) is 5.95. The van der Waals surface area contributed by atoms with Gasteiger partial charge >= 0.3 is 0 Å². The fourth-order valence-corrected chi connectivity index (χ4v) is 3.96. The van der Waals surface area contributed by atoms with E-state index >= 15 is 0 Å². The Morgan fingerprint density at radius 2 is 2.00 bits per heavy atom. The summed E-state index contributed by atoms with van der Waals surface area (Å²) in [6.45, 7) is 2.75. The molecule has 0 bridgehead atoms. The van der Waals surface area contributed by atoms with E-state index in [-0.39, 0.29) is 5.91 Å². The molecule has 5 heteroatoms. The molecule has 0 atom stereocenters. The van der Waals surface area contributed by atoms with E-state index in [1.165, 1.54) is 36.0 Å². The molecule has 5 nitrogen and oxygen atoms in total.